The number of hydrogen-bond donors (Lipinski definition) is 1. The molecule has 0 fully saturated rings. The van der Waals surface area contributed by atoms with Crippen LogP contribution in [0.2, 0.25) is 0 Å². The number of aryl methyl sites for hydroxylation is 2. The number of aliphatic hydroxyl groups excluding tert-OH is 1. The summed E-state index contributed by atoms with van der Waals surface area (Å²) in [5.74, 6) is -1.41. The third-order valence-electron chi connectivity index (χ3n) is 2.72. The molecule has 0 bridgehead atoms. The molecule has 0 radical (unpaired) electrons. The lowest BCUT2D eigenvalue weighted by atomic mass is 10.0. The third kappa shape index (κ3) is 2.57. The van der Waals surface area contributed by atoms with Crippen molar-refractivity contribution in [1.29, 1.82) is 0 Å². The van der Waals surface area contributed by atoms with Crippen LogP contribution < -0.4 is 0 Å². The van der Waals surface area contributed by atoms with Gasteiger partial charge in [-0.2, -0.15) is 0 Å². The number of aliphatic hydroxyl groups is 1. The van der Waals surface area contributed by atoms with Crippen LogP contribution in [0, 0.1) is 25.5 Å². The zero-order valence-electron chi connectivity index (χ0n) is 10.1. The number of hydrogen-bond acceptors (Lipinski definition) is 3. The number of rotatable bonds is 3. The van der Waals surface area contributed by atoms with E-state index in [9.17, 15) is 13.9 Å². The summed E-state index contributed by atoms with van der Waals surface area (Å²) in [7, 11) is 0. The minimum atomic E-state index is -1.22. The summed E-state index contributed by atoms with van der Waals surface area (Å²) in [4.78, 5) is 4.17. The molecular weight excluding hydrogens is 256 g/mol. The largest absolute Gasteiger partial charge is 0.388 e. The molecule has 5 heteroatoms. The van der Waals surface area contributed by atoms with E-state index in [0.29, 0.717) is 11.3 Å². The Hall–Kier alpha value is -1.33. The Morgan fingerprint density at radius 3 is 2.67 bits per heavy atom. The van der Waals surface area contributed by atoms with Gasteiger partial charge in [-0.3, -0.25) is 0 Å². The van der Waals surface area contributed by atoms with E-state index in [2.05, 4.69) is 4.98 Å². The topological polar surface area (TPSA) is 33.1 Å². The zero-order chi connectivity index (χ0) is 13.3. The van der Waals surface area contributed by atoms with Gasteiger partial charge in [0.25, 0.3) is 0 Å². The second kappa shape index (κ2) is 5.12. The number of halogens is 2. The molecule has 0 aliphatic carbocycles. The van der Waals surface area contributed by atoms with Crippen molar-refractivity contribution in [2.45, 2.75) is 26.4 Å². The molecule has 2 nitrogen and oxygen atoms in total. The van der Waals surface area contributed by atoms with Crippen LogP contribution in [0.5, 0.6) is 0 Å². The van der Waals surface area contributed by atoms with E-state index < -0.39 is 17.7 Å². The van der Waals surface area contributed by atoms with Crippen molar-refractivity contribution in [1.82, 2.24) is 4.98 Å². The van der Waals surface area contributed by atoms with Gasteiger partial charge in [0.15, 0.2) is 0 Å². The van der Waals surface area contributed by atoms with E-state index in [-0.39, 0.29) is 12.0 Å². The lowest BCUT2D eigenvalue weighted by Crippen LogP contribution is -2.08. The highest BCUT2D eigenvalue weighted by Gasteiger charge is 2.20. The predicted octanol–water partition coefficient (Wildman–Crippen LogP) is 3.31. The first-order valence-corrected chi connectivity index (χ1v) is 6.40. The molecule has 1 aromatic carbocycles. The third-order valence-corrected chi connectivity index (χ3v) is 3.54. The highest BCUT2D eigenvalue weighted by molar-refractivity contribution is 7.09. The van der Waals surface area contributed by atoms with Crippen molar-refractivity contribution in [3.05, 3.63) is 51.0 Å². The first-order chi connectivity index (χ1) is 8.49. The molecule has 0 saturated heterocycles. The van der Waals surface area contributed by atoms with Crippen molar-refractivity contribution >= 4 is 11.3 Å². The van der Waals surface area contributed by atoms with Gasteiger partial charge in [-0.25, -0.2) is 13.8 Å². The van der Waals surface area contributed by atoms with Crippen LogP contribution in [-0.4, -0.2) is 10.1 Å². The van der Waals surface area contributed by atoms with E-state index in [4.69, 9.17) is 0 Å². The average Bonchev–Trinajstić information content (AvgIpc) is 2.70. The summed E-state index contributed by atoms with van der Waals surface area (Å²) in [6, 6.07) is 2.52. The van der Waals surface area contributed by atoms with Gasteiger partial charge in [0.2, 0.25) is 0 Å². The van der Waals surface area contributed by atoms with Crippen LogP contribution in [0.25, 0.3) is 0 Å². The molecular formula is C13H13F2NOS. The molecule has 1 aromatic heterocycles. The highest BCUT2D eigenvalue weighted by Crippen LogP contribution is 2.26. The molecule has 0 aliphatic rings. The van der Waals surface area contributed by atoms with Gasteiger partial charge in [0.1, 0.15) is 11.6 Å². The van der Waals surface area contributed by atoms with Crippen molar-refractivity contribution in [2.24, 2.45) is 0 Å². The second-order valence-electron chi connectivity index (χ2n) is 4.17. The van der Waals surface area contributed by atoms with Crippen molar-refractivity contribution in [3.8, 4) is 0 Å². The average molecular weight is 269 g/mol. The van der Waals surface area contributed by atoms with E-state index in [1.54, 1.807) is 5.38 Å². The highest BCUT2D eigenvalue weighted by atomic mass is 32.1. The van der Waals surface area contributed by atoms with Crippen molar-refractivity contribution in [3.63, 3.8) is 0 Å². The van der Waals surface area contributed by atoms with Crippen molar-refractivity contribution < 1.29 is 13.9 Å². The molecule has 1 heterocycles. The van der Waals surface area contributed by atoms with Gasteiger partial charge in [0, 0.05) is 11.8 Å². The maximum absolute atomic E-state index is 13.8. The van der Waals surface area contributed by atoms with Crippen LogP contribution in [0.15, 0.2) is 17.5 Å². The van der Waals surface area contributed by atoms with Crippen LogP contribution in [0.4, 0.5) is 8.78 Å². The van der Waals surface area contributed by atoms with Gasteiger partial charge < -0.3 is 5.11 Å². The Morgan fingerprint density at radius 2 is 2.06 bits per heavy atom. The van der Waals surface area contributed by atoms with Crippen LogP contribution >= 0.6 is 11.3 Å². The minimum absolute atomic E-state index is 0.113. The fraction of sp³-hybridized carbons (Fsp3) is 0.308. The van der Waals surface area contributed by atoms with Crippen LogP contribution in [0.3, 0.4) is 0 Å². The lowest BCUT2D eigenvalue weighted by molar-refractivity contribution is 0.167. The smallest absolute Gasteiger partial charge is 0.134 e. The van der Waals surface area contributed by atoms with E-state index >= 15 is 0 Å². The molecule has 1 unspecified atom stereocenters. The first kappa shape index (κ1) is 13.1. The monoisotopic (exact) mass is 269 g/mol. The number of aromatic nitrogens is 1. The van der Waals surface area contributed by atoms with Gasteiger partial charge in [-0.15, -0.1) is 11.3 Å². The Balaban J connectivity index is 2.28. The molecule has 0 amide bonds. The number of thiazole rings is 1. The maximum Gasteiger partial charge on any atom is 0.134 e. The SMILES string of the molecule is Cc1nc(CC(O)c2c(F)ccc(C)c2F)cs1. The summed E-state index contributed by atoms with van der Waals surface area (Å²) in [6.07, 6.45) is -1.10. The molecule has 0 aliphatic heterocycles. The minimum Gasteiger partial charge on any atom is -0.388 e. The zero-order valence-corrected chi connectivity index (χ0v) is 10.9. The molecule has 0 saturated carbocycles. The molecule has 1 N–H and O–H groups in total. The Bertz CT molecular complexity index is 568. The van der Waals surface area contributed by atoms with E-state index in [1.807, 2.05) is 6.92 Å². The summed E-state index contributed by atoms with van der Waals surface area (Å²) in [6.45, 7) is 3.38. The summed E-state index contributed by atoms with van der Waals surface area (Å²) in [5.41, 5.74) is 0.686. The molecule has 2 aromatic rings. The standard InChI is InChI=1S/C13H13F2NOS/c1-7-3-4-10(14)12(13(7)15)11(17)5-9-6-18-8(2)16-9/h3-4,6,11,17H,5H2,1-2H3. The van der Waals surface area contributed by atoms with Gasteiger partial charge in [-0.1, -0.05) is 6.07 Å². The summed E-state index contributed by atoms with van der Waals surface area (Å²) in [5, 5.41) is 12.6. The first-order valence-electron chi connectivity index (χ1n) is 5.52. The fourth-order valence-corrected chi connectivity index (χ4v) is 2.41. The molecule has 18 heavy (non-hydrogen) atoms. The van der Waals surface area contributed by atoms with Crippen LogP contribution in [-0.2, 0) is 6.42 Å². The Morgan fingerprint density at radius 1 is 1.33 bits per heavy atom. The fourth-order valence-electron chi connectivity index (χ4n) is 1.79. The molecule has 96 valence electrons. The van der Waals surface area contributed by atoms with Gasteiger partial charge in [-0.05, 0) is 25.5 Å². The molecule has 2 rings (SSSR count). The number of benzene rings is 1. The van der Waals surface area contributed by atoms with E-state index in [0.717, 1.165) is 5.01 Å². The normalized spacial score (nSPS) is 12.7. The summed E-state index contributed by atoms with van der Waals surface area (Å²) < 4.78 is 27.4. The Labute approximate surface area is 108 Å². The predicted molar refractivity (Wildman–Crippen MR) is 66.6 cm³/mol. The lowest BCUT2D eigenvalue weighted by Gasteiger charge is -2.13. The summed E-state index contributed by atoms with van der Waals surface area (Å²) >= 11 is 1.44. The van der Waals surface area contributed by atoms with Crippen LogP contribution in [0.1, 0.15) is 27.9 Å². The van der Waals surface area contributed by atoms with Crippen molar-refractivity contribution in [2.75, 3.05) is 0 Å². The van der Waals surface area contributed by atoms with Gasteiger partial charge >= 0.3 is 0 Å². The van der Waals surface area contributed by atoms with E-state index in [1.165, 1.54) is 30.4 Å². The Kier molecular flexibility index (Phi) is 3.73. The maximum atomic E-state index is 13.8. The second-order valence-corrected chi connectivity index (χ2v) is 5.23. The quantitative estimate of drug-likeness (QED) is 0.927. The number of nitrogens with zero attached hydrogens (tertiary/aromatic N) is 1. The molecule has 0 spiro atoms. The van der Waals surface area contributed by atoms with Gasteiger partial charge in [0.05, 0.1) is 22.4 Å². The molecule has 1 atom stereocenters.